The van der Waals surface area contributed by atoms with Crippen LogP contribution in [0.25, 0.3) is 165 Å². The van der Waals surface area contributed by atoms with E-state index in [-0.39, 0.29) is 23.0 Å². The standard InChI is InChI=1S/C118H91BN4/c1-116(2,3)84-66-95(76-32-14-10-15-33-76)114(96(67-84)77-34-16-11-17-35-77)122-107-72-87(120-103-60-54-82(91-50-30-44-74-40-22-26-46-89(74)91)64-99(103)111-93-48-28-24-42-80(93)52-62-105(111)120)56-58-101(107)119-102-59-57-88(121-104-61-55-83(92-51-31-45-75-41-23-27-47-90(75)92)65-100(104)112-94-49-29-25-43-81(94)53-63-106(112)121)73-108(102)123(110-71-86(118(7,8)9)70-109(122)113(110)119)115-97(78-36-18-12-19-37-78)68-85(117(4,5)6)69-98(115)79-38-20-13-21-39-79/h10-73H,1-9H3. The molecule has 4 heterocycles. The molecule has 0 bridgehead atoms. The SMILES string of the molecule is CC(C)(C)c1cc(-c2ccccc2)c(N2c3cc(-n4c5ccc(-c6cccc7ccccc67)cc5c5c6ccccc6ccc54)ccc3B3c4ccc(-n5c6ccc(-c7cccc8ccccc78)cc6c6c7ccccc7ccc65)cc4N(c4c(-c5ccccc5)cc(C(C)(C)C)cc4-c4ccccc4)c4cc(C(C)(C)C)cc2c43)c(-c2ccccc2)c1. The molecule has 0 atom stereocenters. The summed E-state index contributed by atoms with van der Waals surface area (Å²) in [7, 11) is 0. The van der Waals surface area contributed by atoms with Gasteiger partial charge in [0.2, 0.25) is 0 Å². The van der Waals surface area contributed by atoms with Crippen LogP contribution in [0.1, 0.15) is 79.0 Å². The van der Waals surface area contributed by atoms with Crippen LogP contribution in [-0.2, 0) is 16.2 Å². The van der Waals surface area contributed by atoms with Crippen molar-refractivity contribution < 1.29 is 0 Å². The number of rotatable bonds is 10. The predicted molar refractivity (Wildman–Crippen MR) is 528 cm³/mol. The average molecular weight is 1580 g/mol. The normalized spacial score (nSPS) is 12.9. The molecule has 0 unspecified atom stereocenters. The predicted octanol–water partition coefficient (Wildman–Crippen LogP) is 30.5. The lowest BCUT2D eigenvalue weighted by Crippen LogP contribution is -2.61. The first kappa shape index (κ1) is 73.6. The van der Waals surface area contributed by atoms with Crippen LogP contribution < -0.4 is 26.2 Å². The second-order valence-electron chi connectivity index (χ2n) is 37.1. The van der Waals surface area contributed by atoms with Crippen LogP contribution in [0.5, 0.6) is 0 Å². The minimum Gasteiger partial charge on any atom is -0.310 e. The minimum absolute atomic E-state index is 0.227. The van der Waals surface area contributed by atoms with Crippen LogP contribution in [0.2, 0.25) is 0 Å². The van der Waals surface area contributed by atoms with E-state index < -0.39 is 0 Å². The van der Waals surface area contributed by atoms with Crippen LogP contribution in [0.3, 0.4) is 0 Å². The van der Waals surface area contributed by atoms with E-state index in [4.69, 9.17) is 0 Å². The van der Waals surface area contributed by atoms with E-state index in [0.717, 1.165) is 112 Å². The lowest BCUT2D eigenvalue weighted by Gasteiger charge is -2.47. The van der Waals surface area contributed by atoms with Gasteiger partial charge >= 0.3 is 0 Å². The van der Waals surface area contributed by atoms with Crippen molar-refractivity contribution in [3.8, 4) is 78.1 Å². The molecule has 5 heteroatoms. The molecule has 0 fully saturated rings. The van der Waals surface area contributed by atoms with Gasteiger partial charge in [-0.15, -0.1) is 0 Å². The second kappa shape index (κ2) is 28.0. The number of hydrogen-bond donors (Lipinski definition) is 0. The maximum Gasteiger partial charge on any atom is 0.252 e. The summed E-state index contributed by atoms with van der Waals surface area (Å²) in [6, 6.07) is 148. The molecule has 0 saturated heterocycles. The zero-order valence-electron chi connectivity index (χ0n) is 70.8. The van der Waals surface area contributed by atoms with Gasteiger partial charge in [-0.3, -0.25) is 0 Å². The molecule has 0 aliphatic carbocycles. The van der Waals surface area contributed by atoms with Crippen LogP contribution in [0, 0.1) is 0 Å². The third kappa shape index (κ3) is 11.9. The molecule has 586 valence electrons. The van der Waals surface area contributed by atoms with Gasteiger partial charge in [0, 0.05) is 77.9 Å². The maximum absolute atomic E-state index is 2.76. The first-order valence-electron chi connectivity index (χ1n) is 43.5. The summed E-state index contributed by atoms with van der Waals surface area (Å²) in [5.74, 6) is 0. The Labute approximate surface area is 719 Å². The smallest absolute Gasteiger partial charge is 0.252 e. The zero-order chi connectivity index (χ0) is 82.9. The molecule has 21 aromatic rings. The summed E-state index contributed by atoms with van der Waals surface area (Å²) in [5, 5.41) is 14.7. The average Bonchev–Trinajstić information content (AvgIpc) is 1.12. The van der Waals surface area contributed by atoms with Crippen molar-refractivity contribution in [3.63, 3.8) is 0 Å². The molecule has 0 radical (unpaired) electrons. The third-order valence-corrected chi connectivity index (χ3v) is 26.7. The number of benzene rings is 19. The van der Waals surface area contributed by atoms with Crippen LogP contribution in [-0.4, -0.2) is 15.8 Å². The molecule has 23 rings (SSSR count). The Morgan fingerprint density at radius 2 is 0.520 bits per heavy atom. The molecule has 0 spiro atoms. The van der Waals surface area contributed by atoms with Crippen LogP contribution >= 0.6 is 0 Å². The Balaban J connectivity index is 0.873. The van der Waals surface area contributed by atoms with Gasteiger partial charge in [-0.1, -0.05) is 353 Å². The molecule has 0 amide bonds. The van der Waals surface area contributed by atoms with Gasteiger partial charge in [0.15, 0.2) is 0 Å². The summed E-state index contributed by atoms with van der Waals surface area (Å²) < 4.78 is 5.16. The van der Waals surface area contributed by atoms with E-state index in [9.17, 15) is 0 Å². The van der Waals surface area contributed by atoms with E-state index >= 15 is 0 Å². The maximum atomic E-state index is 2.76. The van der Waals surface area contributed by atoms with Crippen molar-refractivity contribution in [1.82, 2.24) is 9.13 Å². The van der Waals surface area contributed by atoms with Crippen molar-refractivity contribution >= 4 is 144 Å². The Kier molecular flexibility index (Phi) is 16.8. The number of hydrogen-bond acceptors (Lipinski definition) is 2. The van der Waals surface area contributed by atoms with Crippen molar-refractivity contribution in [3.05, 3.63) is 405 Å². The number of anilines is 6. The molecular weight excluding hydrogens is 1480 g/mol. The summed E-state index contributed by atoms with van der Waals surface area (Å²) >= 11 is 0. The monoisotopic (exact) mass is 1570 g/mol. The first-order valence-corrected chi connectivity index (χ1v) is 43.5. The molecule has 2 aliphatic heterocycles. The zero-order valence-corrected chi connectivity index (χ0v) is 70.8. The second-order valence-corrected chi connectivity index (χ2v) is 37.1. The molecule has 2 aromatic heterocycles. The lowest BCUT2D eigenvalue weighted by atomic mass is 9.33. The van der Waals surface area contributed by atoms with Crippen molar-refractivity contribution in [2.24, 2.45) is 0 Å². The molecule has 2 aliphatic rings. The molecular formula is C118H91BN4. The van der Waals surface area contributed by atoms with Gasteiger partial charge in [-0.2, -0.15) is 0 Å². The minimum atomic E-state index is -0.378. The summed E-state index contributed by atoms with van der Waals surface area (Å²) in [5.41, 5.74) is 34.1. The van der Waals surface area contributed by atoms with Gasteiger partial charge in [0.05, 0.1) is 33.4 Å². The Morgan fingerprint density at radius 1 is 0.211 bits per heavy atom. The highest BCUT2D eigenvalue weighted by molar-refractivity contribution is 7.00. The van der Waals surface area contributed by atoms with E-state index in [1.54, 1.807) is 0 Å². The fourth-order valence-electron chi connectivity index (χ4n) is 20.6. The van der Waals surface area contributed by atoms with Gasteiger partial charge in [0.1, 0.15) is 0 Å². The van der Waals surface area contributed by atoms with Crippen molar-refractivity contribution in [1.29, 1.82) is 0 Å². The molecule has 0 N–H and O–H groups in total. The molecule has 4 nitrogen and oxygen atoms in total. The molecule has 0 saturated carbocycles. The summed E-state index contributed by atoms with van der Waals surface area (Å²) in [6.45, 7) is 21.2. The van der Waals surface area contributed by atoms with Crippen LogP contribution in [0.4, 0.5) is 34.1 Å². The lowest BCUT2D eigenvalue weighted by molar-refractivity contribution is 0.590. The first-order chi connectivity index (χ1) is 59.9. The van der Waals surface area contributed by atoms with Gasteiger partial charge in [-0.05, 0) is 234 Å². The fourth-order valence-corrected chi connectivity index (χ4v) is 20.6. The topological polar surface area (TPSA) is 16.3 Å². The number of nitrogens with zero attached hydrogens (tertiary/aromatic N) is 4. The van der Waals surface area contributed by atoms with E-state index in [2.05, 4.69) is 469 Å². The Hall–Kier alpha value is -14.5. The Bertz CT molecular complexity index is 7340. The summed E-state index contributed by atoms with van der Waals surface area (Å²) in [4.78, 5) is 5.52. The van der Waals surface area contributed by atoms with Gasteiger partial charge in [0.25, 0.3) is 6.71 Å². The number of fused-ring (bicyclic) bond motifs is 16. The van der Waals surface area contributed by atoms with E-state index in [0.29, 0.717) is 0 Å². The number of aromatic nitrogens is 2. The van der Waals surface area contributed by atoms with Crippen molar-refractivity contribution in [2.75, 3.05) is 9.80 Å². The van der Waals surface area contributed by atoms with Gasteiger partial charge in [-0.25, -0.2) is 0 Å². The largest absolute Gasteiger partial charge is 0.310 e. The van der Waals surface area contributed by atoms with Crippen molar-refractivity contribution in [2.45, 2.75) is 78.6 Å². The molecule has 19 aromatic carbocycles. The van der Waals surface area contributed by atoms with Crippen LogP contribution in [0.15, 0.2) is 388 Å². The highest BCUT2D eigenvalue weighted by Gasteiger charge is 2.47. The van der Waals surface area contributed by atoms with E-state index in [1.807, 2.05) is 0 Å². The highest BCUT2D eigenvalue weighted by atomic mass is 15.2. The third-order valence-electron chi connectivity index (χ3n) is 26.7. The quantitative estimate of drug-likeness (QED) is 0.127. The fraction of sp³-hybridized carbons (Fsp3) is 0.102. The molecule has 123 heavy (non-hydrogen) atoms. The van der Waals surface area contributed by atoms with E-state index in [1.165, 1.54) is 120 Å². The Morgan fingerprint density at radius 3 is 0.878 bits per heavy atom. The van der Waals surface area contributed by atoms with Gasteiger partial charge < -0.3 is 18.9 Å². The highest BCUT2D eigenvalue weighted by Crippen LogP contribution is 2.57. The summed E-state index contributed by atoms with van der Waals surface area (Å²) in [6.07, 6.45) is 0.